The molecule has 1 aromatic carbocycles. The second kappa shape index (κ2) is 6.75. The van der Waals surface area contributed by atoms with Crippen LogP contribution >= 0.6 is 0 Å². The molecule has 1 rings (SSSR count). The number of ether oxygens (including phenoxy) is 1. The Morgan fingerprint density at radius 2 is 2.29 bits per heavy atom. The van der Waals surface area contributed by atoms with E-state index in [4.69, 9.17) is 10.6 Å². The summed E-state index contributed by atoms with van der Waals surface area (Å²) in [6, 6.07) is 7.68. The zero-order valence-electron chi connectivity index (χ0n) is 10.5. The van der Waals surface area contributed by atoms with Crippen molar-refractivity contribution in [1.82, 2.24) is 5.43 Å². The van der Waals surface area contributed by atoms with Crippen LogP contribution in [0.4, 0.5) is 5.69 Å². The fourth-order valence-electron chi connectivity index (χ4n) is 1.26. The molecule has 5 nitrogen and oxygen atoms in total. The monoisotopic (exact) mass is 236 g/mol. The number of anilines is 1. The van der Waals surface area contributed by atoms with Crippen molar-refractivity contribution in [3.05, 3.63) is 24.3 Å². The third-order valence-electron chi connectivity index (χ3n) is 2.37. The number of guanidine groups is 1. The summed E-state index contributed by atoms with van der Waals surface area (Å²) >= 11 is 0. The summed E-state index contributed by atoms with van der Waals surface area (Å²) in [6.45, 7) is 4.13. The SMILES string of the molecule is CCC(C)Oc1cccc(NC(=NC)NN)c1. The first-order chi connectivity index (χ1) is 8.19. The molecule has 0 aliphatic rings. The molecule has 17 heavy (non-hydrogen) atoms. The van der Waals surface area contributed by atoms with Crippen LogP contribution in [0.2, 0.25) is 0 Å². The molecule has 1 aromatic rings. The molecule has 0 spiro atoms. The van der Waals surface area contributed by atoms with E-state index in [1.807, 2.05) is 31.2 Å². The Hall–Kier alpha value is -1.75. The zero-order chi connectivity index (χ0) is 12.7. The Labute approximate surface area is 102 Å². The molecule has 0 saturated heterocycles. The molecule has 5 heteroatoms. The molecule has 4 N–H and O–H groups in total. The van der Waals surface area contributed by atoms with Crippen molar-refractivity contribution in [1.29, 1.82) is 0 Å². The number of nitrogens with zero attached hydrogens (tertiary/aromatic N) is 1. The number of rotatable bonds is 4. The highest BCUT2D eigenvalue weighted by Gasteiger charge is 2.02. The maximum atomic E-state index is 5.72. The first-order valence-electron chi connectivity index (χ1n) is 5.66. The van der Waals surface area contributed by atoms with Crippen molar-refractivity contribution in [3.8, 4) is 5.75 Å². The van der Waals surface area contributed by atoms with Crippen molar-refractivity contribution in [2.45, 2.75) is 26.4 Å². The minimum atomic E-state index is 0.206. The molecule has 1 atom stereocenters. The van der Waals surface area contributed by atoms with Crippen LogP contribution in [0.5, 0.6) is 5.75 Å². The lowest BCUT2D eigenvalue weighted by Gasteiger charge is -2.14. The quantitative estimate of drug-likeness (QED) is 0.322. The largest absolute Gasteiger partial charge is 0.491 e. The lowest BCUT2D eigenvalue weighted by atomic mass is 10.3. The van der Waals surface area contributed by atoms with Gasteiger partial charge in [-0.25, -0.2) is 5.84 Å². The van der Waals surface area contributed by atoms with E-state index in [9.17, 15) is 0 Å². The van der Waals surface area contributed by atoms with Gasteiger partial charge in [-0.05, 0) is 25.5 Å². The molecule has 0 aliphatic carbocycles. The third-order valence-corrected chi connectivity index (χ3v) is 2.37. The Bertz CT molecular complexity index is 379. The first-order valence-corrected chi connectivity index (χ1v) is 5.66. The Balaban J connectivity index is 2.72. The van der Waals surface area contributed by atoms with E-state index < -0.39 is 0 Å². The normalized spacial score (nSPS) is 13.1. The van der Waals surface area contributed by atoms with Gasteiger partial charge in [0.25, 0.3) is 0 Å². The molecule has 0 bridgehead atoms. The lowest BCUT2D eigenvalue weighted by Crippen LogP contribution is -2.36. The zero-order valence-corrected chi connectivity index (χ0v) is 10.5. The molecule has 0 saturated carbocycles. The molecule has 0 aromatic heterocycles. The van der Waals surface area contributed by atoms with Crippen molar-refractivity contribution in [2.24, 2.45) is 10.8 Å². The van der Waals surface area contributed by atoms with Gasteiger partial charge in [-0.2, -0.15) is 0 Å². The average molecular weight is 236 g/mol. The standard InChI is InChI=1S/C12H20N4O/c1-4-9(2)17-11-7-5-6-10(8-11)15-12(14-3)16-13/h5-9H,4,13H2,1-3H3,(H2,14,15,16). The molecular formula is C12H20N4O. The van der Waals surface area contributed by atoms with Crippen molar-refractivity contribution >= 4 is 11.6 Å². The minimum absolute atomic E-state index is 0.206. The van der Waals surface area contributed by atoms with Crippen LogP contribution in [-0.4, -0.2) is 19.1 Å². The maximum absolute atomic E-state index is 5.72. The summed E-state index contributed by atoms with van der Waals surface area (Å²) in [5.74, 6) is 6.63. The summed E-state index contributed by atoms with van der Waals surface area (Å²) in [7, 11) is 1.65. The number of hydrogen-bond acceptors (Lipinski definition) is 3. The highest BCUT2D eigenvalue weighted by atomic mass is 16.5. The Kier molecular flexibility index (Phi) is 5.29. The van der Waals surface area contributed by atoms with Gasteiger partial charge in [0.2, 0.25) is 5.96 Å². The summed E-state index contributed by atoms with van der Waals surface area (Å²) in [6.07, 6.45) is 1.18. The fourth-order valence-corrected chi connectivity index (χ4v) is 1.26. The van der Waals surface area contributed by atoms with Crippen LogP contribution in [0.3, 0.4) is 0 Å². The molecular weight excluding hydrogens is 216 g/mol. The number of aliphatic imine (C=N–C) groups is 1. The number of benzene rings is 1. The third kappa shape index (κ3) is 4.32. The first kappa shape index (κ1) is 13.3. The van der Waals surface area contributed by atoms with Crippen LogP contribution in [0.1, 0.15) is 20.3 Å². The van der Waals surface area contributed by atoms with Gasteiger partial charge in [-0.3, -0.25) is 10.4 Å². The molecule has 0 aliphatic heterocycles. The summed E-state index contributed by atoms with van der Waals surface area (Å²) < 4.78 is 5.72. The van der Waals surface area contributed by atoms with E-state index in [0.717, 1.165) is 17.9 Å². The second-order valence-corrected chi connectivity index (χ2v) is 3.71. The average Bonchev–Trinajstić information content (AvgIpc) is 2.36. The minimum Gasteiger partial charge on any atom is -0.491 e. The van der Waals surface area contributed by atoms with Crippen molar-refractivity contribution in [2.75, 3.05) is 12.4 Å². The Morgan fingerprint density at radius 3 is 2.88 bits per heavy atom. The number of hydrogen-bond donors (Lipinski definition) is 3. The van der Waals surface area contributed by atoms with Gasteiger partial charge >= 0.3 is 0 Å². The van der Waals surface area contributed by atoms with Crippen LogP contribution in [-0.2, 0) is 0 Å². The van der Waals surface area contributed by atoms with Gasteiger partial charge in [0.1, 0.15) is 5.75 Å². The lowest BCUT2D eigenvalue weighted by molar-refractivity contribution is 0.217. The summed E-state index contributed by atoms with van der Waals surface area (Å²) in [5, 5.41) is 3.04. The Morgan fingerprint density at radius 1 is 1.53 bits per heavy atom. The van der Waals surface area contributed by atoms with Crippen LogP contribution in [0.15, 0.2) is 29.3 Å². The van der Waals surface area contributed by atoms with E-state index in [-0.39, 0.29) is 6.10 Å². The molecule has 0 fully saturated rings. The smallest absolute Gasteiger partial charge is 0.209 e. The summed E-state index contributed by atoms with van der Waals surface area (Å²) in [4.78, 5) is 3.94. The van der Waals surface area contributed by atoms with Crippen LogP contribution in [0.25, 0.3) is 0 Å². The van der Waals surface area contributed by atoms with Crippen LogP contribution in [0, 0.1) is 0 Å². The van der Waals surface area contributed by atoms with Crippen molar-refractivity contribution < 1.29 is 4.74 Å². The van der Waals surface area contributed by atoms with Gasteiger partial charge in [-0.15, -0.1) is 0 Å². The van der Waals surface area contributed by atoms with Gasteiger partial charge in [-0.1, -0.05) is 13.0 Å². The maximum Gasteiger partial charge on any atom is 0.209 e. The highest BCUT2D eigenvalue weighted by Crippen LogP contribution is 2.19. The topological polar surface area (TPSA) is 71.7 Å². The fraction of sp³-hybridized carbons (Fsp3) is 0.417. The van der Waals surface area contributed by atoms with Crippen molar-refractivity contribution in [3.63, 3.8) is 0 Å². The van der Waals surface area contributed by atoms with Crippen LogP contribution < -0.4 is 21.3 Å². The molecule has 0 amide bonds. The van der Waals surface area contributed by atoms with Gasteiger partial charge < -0.3 is 10.1 Å². The van der Waals surface area contributed by atoms with E-state index in [1.165, 1.54) is 0 Å². The number of nitrogens with two attached hydrogens (primary N) is 1. The highest BCUT2D eigenvalue weighted by molar-refractivity contribution is 5.93. The molecule has 1 unspecified atom stereocenters. The molecule has 94 valence electrons. The van der Waals surface area contributed by atoms with Gasteiger partial charge in [0, 0.05) is 18.8 Å². The van der Waals surface area contributed by atoms with E-state index in [0.29, 0.717) is 5.96 Å². The van der Waals surface area contributed by atoms with Gasteiger partial charge in [0.05, 0.1) is 6.10 Å². The van der Waals surface area contributed by atoms with E-state index >= 15 is 0 Å². The van der Waals surface area contributed by atoms with E-state index in [1.54, 1.807) is 7.05 Å². The predicted octanol–water partition coefficient (Wildman–Crippen LogP) is 1.72. The second-order valence-electron chi connectivity index (χ2n) is 3.71. The van der Waals surface area contributed by atoms with Gasteiger partial charge in [0.15, 0.2) is 0 Å². The number of nitrogens with one attached hydrogen (secondary N) is 2. The predicted molar refractivity (Wildman–Crippen MR) is 71.1 cm³/mol. The summed E-state index contributed by atoms with van der Waals surface area (Å²) in [5.41, 5.74) is 3.35. The number of hydrazine groups is 1. The van der Waals surface area contributed by atoms with E-state index in [2.05, 4.69) is 22.7 Å². The molecule has 0 radical (unpaired) electrons. The molecule has 0 heterocycles.